The number of thiol groups is 1. The van der Waals surface area contributed by atoms with Gasteiger partial charge in [-0.3, -0.25) is 0 Å². The average molecular weight is 301 g/mol. The molecule has 0 atom stereocenters. The molecule has 6 heteroatoms. The number of thiocarbonyl (C=S) groups is 2. The number of unbranched alkanes of at least 4 members (excludes halogenated alkanes) is 2. The van der Waals surface area contributed by atoms with E-state index < -0.39 is 0 Å². The summed E-state index contributed by atoms with van der Waals surface area (Å²) < 4.78 is 5.74. The molecule has 0 fully saturated rings. The van der Waals surface area contributed by atoms with Crippen molar-refractivity contribution < 1.29 is 9.84 Å². The smallest absolute Gasteiger partial charge is 0.219 e. The van der Waals surface area contributed by atoms with Crippen LogP contribution in [-0.4, -0.2) is 26.2 Å². The third-order valence-corrected chi connectivity index (χ3v) is 2.75. The fraction of sp³-hybridized carbons (Fsp3) is 0.800. The van der Waals surface area contributed by atoms with Crippen LogP contribution in [0.25, 0.3) is 0 Å². The van der Waals surface area contributed by atoms with Gasteiger partial charge in [0, 0.05) is 5.75 Å². The van der Waals surface area contributed by atoms with Crippen molar-refractivity contribution in [2.24, 2.45) is 0 Å². The minimum absolute atomic E-state index is 0.306. The maximum absolute atomic E-state index is 7.65. The molecule has 96 valence electrons. The van der Waals surface area contributed by atoms with E-state index in [4.69, 9.17) is 22.1 Å². The lowest BCUT2D eigenvalue weighted by Crippen LogP contribution is -1.99. The predicted octanol–water partition coefficient (Wildman–Crippen LogP) is 4.38. The van der Waals surface area contributed by atoms with Crippen molar-refractivity contribution in [3.8, 4) is 0 Å². The van der Waals surface area contributed by atoms with E-state index in [9.17, 15) is 0 Å². The Labute approximate surface area is 119 Å². The van der Waals surface area contributed by atoms with Crippen LogP contribution in [0.15, 0.2) is 0 Å². The molecule has 0 aromatic carbocycles. The number of hydrogen-bond acceptors (Lipinski definition) is 4. The summed E-state index contributed by atoms with van der Waals surface area (Å²) in [5.74, 6) is 1.10. The Morgan fingerprint density at radius 2 is 1.75 bits per heavy atom. The third-order valence-electron chi connectivity index (χ3n) is 1.44. The Balaban J connectivity index is 0. The van der Waals surface area contributed by atoms with Crippen molar-refractivity contribution in [1.82, 2.24) is 0 Å². The SMILES string of the molecule is CCCCOC(=S)SCCCC.OC(=S)S. The zero-order valence-electron chi connectivity index (χ0n) is 9.77. The fourth-order valence-electron chi connectivity index (χ4n) is 0.641. The lowest BCUT2D eigenvalue weighted by atomic mass is 10.4. The molecule has 0 aliphatic carbocycles. The number of ether oxygens (including phenoxy) is 1. The van der Waals surface area contributed by atoms with Crippen molar-refractivity contribution in [2.75, 3.05) is 12.4 Å². The normalized spacial score (nSPS) is 8.94. The summed E-state index contributed by atoms with van der Waals surface area (Å²) >= 11 is 13.9. The van der Waals surface area contributed by atoms with Gasteiger partial charge in [0.15, 0.2) is 0 Å². The van der Waals surface area contributed by atoms with Crippen molar-refractivity contribution in [1.29, 1.82) is 0 Å². The number of hydrogen-bond donors (Lipinski definition) is 2. The maximum atomic E-state index is 7.65. The second-order valence-electron chi connectivity index (χ2n) is 2.94. The molecule has 0 aromatic rings. The first-order valence-corrected chi connectivity index (χ1v) is 7.50. The maximum Gasteiger partial charge on any atom is 0.219 e. The summed E-state index contributed by atoms with van der Waals surface area (Å²) in [4.78, 5) is 0. The van der Waals surface area contributed by atoms with Gasteiger partial charge in [-0.15, -0.1) is 0 Å². The summed E-state index contributed by atoms with van der Waals surface area (Å²) in [7, 11) is 0. The number of aliphatic hydroxyl groups excluding tert-OH is 1. The summed E-state index contributed by atoms with van der Waals surface area (Å²) in [5, 5.41) is 7.65. The molecule has 0 amide bonds. The van der Waals surface area contributed by atoms with Gasteiger partial charge in [0.2, 0.25) is 8.77 Å². The summed E-state index contributed by atoms with van der Waals surface area (Å²) in [6.07, 6.45) is 4.73. The van der Waals surface area contributed by atoms with E-state index in [2.05, 4.69) is 38.7 Å². The lowest BCUT2D eigenvalue weighted by molar-refractivity contribution is 0.313. The van der Waals surface area contributed by atoms with Crippen molar-refractivity contribution >= 4 is 57.6 Å². The Bertz CT molecular complexity index is 170. The Kier molecular flexibility index (Phi) is 18.2. The van der Waals surface area contributed by atoms with E-state index in [1.807, 2.05) is 0 Å². The van der Waals surface area contributed by atoms with Gasteiger partial charge in [0.1, 0.15) is 0 Å². The second kappa shape index (κ2) is 15.5. The van der Waals surface area contributed by atoms with Crippen LogP contribution < -0.4 is 0 Å². The molecule has 2 nitrogen and oxygen atoms in total. The molecule has 0 aromatic heterocycles. The predicted molar refractivity (Wildman–Crippen MR) is 85.0 cm³/mol. The highest BCUT2D eigenvalue weighted by atomic mass is 32.2. The van der Waals surface area contributed by atoms with Crippen molar-refractivity contribution in [3.05, 3.63) is 0 Å². The topological polar surface area (TPSA) is 29.5 Å². The molecule has 1 N–H and O–H groups in total. The van der Waals surface area contributed by atoms with Crippen LogP contribution >= 0.6 is 48.8 Å². The zero-order valence-corrected chi connectivity index (χ0v) is 13.1. The van der Waals surface area contributed by atoms with Gasteiger partial charge in [-0.25, -0.2) is 0 Å². The highest BCUT2D eigenvalue weighted by molar-refractivity contribution is 8.22. The molecule has 16 heavy (non-hydrogen) atoms. The van der Waals surface area contributed by atoms with Gasteiger partial charge in [0.25, 0.3) is 0 Å². The van der Waals surface area contributed by atoms with E-state index in [1.54, 1.807) is 11.8 Å². The largest absolute Gasteiger partial charge is 0.494 e. The minimum Gasteiger partial charge on any atom is -0.494 e. The van der Waals surface area contributed by atoms with E-state index in [-0.39, 0.29) is 4.38 Å². The highest BCUT2D eigenvalue weighted by Crippen LogP contribution is 2.09. The first-order valence-electron chi connectivity index (χ1n) is 5.26. The number of aliphatic hydroxyl groups is 1. The average Bonchev–Trinajstić information content (AvgIpc) is 2.18. The molecule has 0 aliphatic rings. The molecule has 0 saturated heterocycles. The van der Waals surface area contributed by atoms with Gasteiger partial charge in [-0.1, -0.05) is 51.1 Å². The van der Waals surface area contributed by atoms with Crippen LogP contribution in [0.4, 0.5) is 0 Å². The summed E-state index contributed by atoms with van der Waals surface area (Å²) in [6, 6.07) is 0. The molecule has 0 rings (SSSR count). The molecular formula is C10H20O2S4. The Morgan fingerprint density at radius 1 is 1.25 bits per heavy atom. The van der Waals surface area contributed by atoms with E-state index >= 15 is 0 Å². The monoisotopic (exact) mass is 300 g/mol. The molecule has 0 radical (unpaired) electrons. The molecule has 0 unspecified atom stereocenters. The van der Waals surface area contributed by atoms with Crippen molar-refractivity contribution in [2.45, 2.75) is 39.5 Å². The van der Waals surface area contributed by atoms with Crippen molar-refractivity contribution in [3.63, 3.8) is 0 Å². The van der Waals surface area contributed by atoms with Crippen LogP contribution in [-0.2, 0) is 4.74 Å². The molecular weight excluding hydrogens is 280 g/mol. The minimum atomic E-state index is -0.306. The van der Waals surface area contributed by atoms with E-state index in [1.165, 1.54) is 19.3 Å². The Morgan fingerprint density at radius 3 is 2.19 bits per heavy atom. The number of rotatable bonds is 6. The van der Waals surface area contributed by atoms with E-state index in [0.717, 1.165) is 23.2 Å². The van der Waals surface area contributed by atoms with Gasteiger partial charge in [-0.05, 0) is 37.3 Å². The van der Waals surface area contributed by atoms with Gasteiger partial charge < -0.3 is 9.84 Å². The van der Waals surface area contributed by atoms with Crippen LogP contribution in [0.5, 0.6) is 0 Å². The molecule has 0 aliphatic heterocycles. The van der Waals surface area contributed by atoms with Crippen LogP contribution in [0.2, 0.25) is 0 Å². The third kappa shape index (κ3) is 24.0. The second-order valence-corrected chi connectivity index (χ2v) is 5.75. The zero-order chi connectivity index (χ0) is 12.8. The van der Waals surface area contributed by atoms with E-state index in [0.29, 0.717) is 0 Å². The van der Waals surface area contributed by atoms with Gasteiger partial charge in [0.05, 0.1) is 6.61 Å². The quantitative estimate of drug-likeness (QED) is 0.432. The number of thioether (sulfide) groups is 1. The first kappa shape index (κ1) is 18.8. The first-order chi connectivity index (χ1) is 7.54. The molecule has 0 bridgehead atoms. The van der Waals surface area contributed by atoms with Crippen LogP contribution in [0.1, 0.15) is 39.5 Å². The fourth-order valence-corrected chi connectivity index (χ4v) is 1.74. The summed E-state index contributed by atoms with van der Waals surface area (Å²) in [5.41, 5.74) is 0. The van der Waals surface area contributed by atoms with Crippen LogP contribution in [0, 0.1) is 0 Å². The molecule has 0 saturated carbocycles. The van der Waals surface area contributed by atoms with Crippen LogP contribution in [0.3, 0.4) is 0 Å². The standard InChI is InChI=1S/C9H18OS2.CH2OS2/c1-3-5-7-10-9(11)12-8-6-4-2;2-1(3)4/h3-8H2,1-2H3;(H2,2,3,4). The molecule has 0 spiro atoms. The highest BCUT2D eigenvalue weighted by Gasteiger charge is 1.96. The summed E-state index contributed by atoms with van der Waals surface area (Å²) in [6.45, 7) is 5.12. The van der Waals surface area contributed by atoms with Gasteiger partial charge >= 0.3 is 0 Å². The van der Waals surface area contributed by atoms with Gasteiger partial charge in [-0.2, -0.15) is 0 Å². The Hall–Kier alpha value is 0.480. The molecule has 0 heterocycles. The lowest BCUT2D eigenvalue weighted by Gasteiger charge is -2.04.